The first-order valence-corrected chi connectivity index (χ1v) is 7.19. The molecule has 0 aromatic rings. The summed E-state index contributed by atoms with van der Waals surface area (Å²) in [6.45, 7) is 0. The molecule has 2 aliphatic carbocycles. The third-order valence-corrected chi connectivity index (χ3v) is 5.36. The van der Waals surface area contributed by atoms with Crippen molar-refractivity contribution >= 4 is 5.97 Å². The molecule has 4 heteroatoms. The molecule has 1 N–H and O–H groups in total. The number of hydrogen-bond donors (Lipinski definition) is 1. The predicted octanol–water partition coefficient (Wildman–Crippen LogP) is 2.66. The number of carboxylic acids is 1. The Hall–Kier alpha value is -0.610. The van der Waals surface area contributed by atoms with Crippen molar-refractivity contribution in [3.63, 3.8) is 0 Å². The molecule has 5 saturated heterocycles. The molecular weight excluding hydrogens is 232 g/mol. The first kappa shape index (κ1) is 11.2. The molecule has 5 heterocycles. The van der Waals surface area contributed by atoms with Gasteiger partial charge in [0, 0.05) is 12.8 Å². The molecule has 7 rings (SSSR count). The van der Waals surface area contributed by atoms with E-state index in [0.717, 1.165) is 12.8 Å². The largest absolute Gasteiger partial charge is 0.481 e. The topological polar surface area (TPSA) is 55.8 Å². The van der Waals surface area contributed by atoms with E-state index >= 15 is 0 Å². The second-order valence-corrected chi connectivity index (χ2v) is 6.85. The van der Waals surface area contributed by atoms with Gasteiger partial charge in [0.1, 0.15) is 0 Å². The van der Waals surface area contributed by atoms with Gasteiger partial charge in [-0.05, 0) is 12.3 Å². The number of carbonyl (C=O) groups is 1. The first-order valence-electron chi connectivity index (χ1n) is 7.19. The number of aliphatic carboxylic acids is 1. The van der Waals surface area contributed by atoms with Gasteiger partial charge in [0.2, 0.25) is 0 Å². The van der Waals surface area contributed by atoms with Crippen molar-refractivity contribution in [3.05, 3.63) is 0 Å². The highest BCUT2D eigenvalue weighted by Crippen LogP contribution is 2.71. The van der Waals surface area contributed by atoms with Crippen molar-refractivity contribution in [2.24, 2.45) is 11.3 Å². The van der Waals surface area contributed by atoms with Crippen molar-refractivity contribution < 1.29 is 19.4 Å². The summed E-state index contributed by atoms with van der Waals surface area (Å²) in [4.78, 5) is 11.8. The van der Waals surface area contributed by atoms with Crippen LogP contribution in [0.25, 0.3) is 0 Å². The third kappa shape index (κ3) is 1.36. The molecule has 0 amide bonds. The molecule has 100 valence electrons. The Morgan fingerprint density at radius 3 is 2.11 bits per heavy atom. The van der Waals surface area contributed by atoms with E-state index in [1.807, 2.05) is 0 Å². The van der Waals surface area contributed by atoms with Crippen LogP contribution in [0.15, 0.2) is 0 Å². The minimum Gasteiger partial charge on any atom is -0.481 e. The molecule has 2 bridgehead atoms. The highest BCUT2D eigenvalue weighted by atomic mass is 16.9. The average Bonchev–Trinajstić information content (AvgIpc) is 2.27. The predicted molar refractivity (Wildman–Crippen MR) is 62.7 cm³/mol. The van der Waals surface area contributed by atoms with Gasteiger partial charge < -0.3 is 14.6 Å². The summed E-state index contributed by atoms with van der Waals surface area (Å²) in [5.41, 5.74) is -0.573. The van der Waals surface area contributed by atoms with E-state index < -0.39 is 23.0 Å². The van der Waals surface area contributed by atoms with Crippen LogP contribution in [0.5, 0.6) is 0 Å². The molecule has 7 fully saturated rings. The van der Waals surface area contributed by atoms with E-state index in [-0.39, 0.29) is 0 Å². The Labute approximate surface area is 107 Å². The Morgan fingerprint density at radius 1 is 1.06 bits per heavy atom. The zero-order valence-corrected chi connectivity index (χ0v) is 10.6. The Kier molecular flexibility index (Phi) is 2.05. The van der Waals surface area contributed by atoms with Gasteiger partial charge in [0.25, 0.3) is 0 Å². The van der Waals surface area contributed by atoms with Crippen molar-refractivity contribution in [2.45, 2.75) is 69.4 Å². The maximum Gasteiger partial charge on any atom is 0.310 e. The summed E-state index contributed by atoms with van der Waals surface area (Å²) >= 11 is 0. The summed E-state index contributed by atoms with van der Waals surface area (Å²) in [5.74, 6) is -1.05. The first-order chi connectivity index (χ1) is 8.56. The summed E-state index contributed by atoms with van der Waals surface area (Å²) in [6.07, 6.45) is 9.14. The standard InChI is InChI=1S/C14H20O4/c15-11(16)12(6-10-4-2-1-3-5-10)7-13-9-14(8-12,17-13)18-13/h10H,1-9H2,(H,15,16). The smallest absolute Gasteiger partial charge is 0.310 e. The monoisotopic (exact) mass is 252 g/mol. The van der Waals surface area contributed by atoms with Gasteiger partial charge in [0.05, 0.1) is 11.8 Å². The highest BCUT2D eigenvalue weighted by molar-refractivity contribution is 5.75. The molecule has 0 aromatic heterocycles. The minimum atomic E-state index is -0.631. The van der Waals surface area contributed by atoms with Crippen LogP contribution in [-0.2, 0) is 14.3 Å². The van der Waals surface area contributed by atoms with E-state index in [1.165, 1.54) is 32.1 Å². The molecule has 5 aliphatic heterocycles. The fourth-order valence-corrected chi connectivity index (χ4v) is 4.77. The van der Waals surface area contributed by atoms with E-state index in [9.17, 15) is 9.90 Å². The quantitative estimate of drug-likeness (QED) is 0.839. The minimum absolute atomic E-state index is 0.509. The molecule has 0 atom stereocenters. The lowest BCUT2D eigenvalue weighted by molar-refractivity contribution is -0.643. The lowest BCUT2D eigenvalue weighted by atomic mass is 9.57. The van der Waals surface area contributed by atoms with Crippen LogP contribution in [-0.4, -0.2) is 22.7 Å². The van der Waals surface area contributed by atoms with Crippen LogP contribution in [0.4, 0.5) is 0 Å². The van der Waals surface area contributed by atoms with Crippen LogP contribution in [0.3, 0.4) is 0 Å². The fraction of sp³-hybridized carbons (Fsp3) is 0.929. The van der Waals surface area contributed by atoms with Crippen LogP contribution < -0.4 is 0 Å². The molecule has 0 aromatic carbocycles. The molecule has 0 unspecified atom stereocenters. The van der Waals surface area contributed by atoms with Crippen molar-refractivity contribution in [3.8, 4) is 0 Å². The van der Waals surface area contributed by atoms with Crippen LogP contribution in [0, 0.1) is 11.3 Å². The van der Waals surface area contributed by atoms with E-state index in [4.69, 9.17) is 9.47 Å². The average molecular weight is 252 g/mol. The van der Waals surface area contributed by atoms with Crippen molar-refractivity contribution in [1.29, 1.82) is 0 Å². The Bertz CT molecular complexity index is 361. The lowest BCUT2D eigenvalue weighted by Crippen LogP contribution is -2.83. The summed E-state index contributed by atoms with van der Waals surface area (Å²) in [5, 5.41) is 9.68. The van der Waals surface area contributed by atoms with Gasteiger partial charge in [-0.25, -0.2) is 0 Å². The van der Waals surface area contributed by atoms with Gasteiger partial charge in [-0.2, -0.15) is 0 Å². The van der Waals surface area contributed by atoms with Gasteiger partial charge in [0.15, 0.2) is 11.6 Å². The Morgan fingerprint density at radius 2 is 1.61 bits per heavy atom. The third-order valence-electron chi connectivity index (χ3n) is 5.36. The molecule has 7 aliphatic rings. The van der Waals surface area contributed by atoms with Gasteiger partial charge >= 0.3 is 5.97 Å². The summed E-state index contributed by atoms with van der Waals surface area (Å²) < 4.78 is 11.3. The van der Waals surface area contributed by atoms with E-state index in [2.05, 4.69) is 0 Å². The number of hydrogen-bond acceptors (Lipinski definition) is 3. The number of rotatable bonds is 3. The second-order valence-electron chi connectivity index (χ2n) is 6.85. The molecular formula is C14H20O4. The highest BCUT2D eigenvalue weighted by Gasteiger charge is 2.80. The molecule has 0 radical (unpaired) electrons. The van der Waals surface area contributed by atoms with Crippen molar-refractivity contribution in [1.82, 2.24) is 0 Å². The van der Waals surface area contributed by atoms with Crippen LogP contribution in [0.1, 0.15) is 57.8 Å². The maximum absolute atomic E-state index is 11.8. The van der Waals surface area contributed by atoms with E-state index in [0.29, 0.717) is 18.8 Å². The molecule has 18 heavy (non-hydrogen) atoms. The molecule has 2 saturated carbocycles. The zero-order valence-electron chi connectivity index (χ0n) is 10.6. The van der Waals surface area contributed by atoms with Gasteiger partial charge in [-0.1, -0.05) is 32.1 Å². The van der Waals surface area contributed by atoms with Gasteiger partial charge in [-0.15, -0.1) is 0 Å². The summed E-state index contributed by atoms with van der Waals surface area (Å²) in [6, 6.07) is 0. The zero-order chi connectivity index (χ0) is 12.4. The lowest BCUT2D eigenvalue weighted by Gasteiger charge is -2.75. The second kappa shape index (κ2) is 3.28. The number of ether oxygens (including phenoxy) is 2. The maximum atomic E-state index is 11.8. The van der Waals surface area contributed by atoms with Gasteiger partial charge in [-0.3, -0.25) is 4.79 Å². The van der Waals surface area contributed by atoms with Crippen LogP contribution >= 0.6 is 0 Å². The number of carboxylic acid groups (broad SMARTS) is 1. The van der Waals surface area contributed by atoms with E-state index in [1.54, 1.807) is 0 Å². The van der Waals surface area contributed by atoms with Crippen molar-refractivity contribution in [2.75, 3.05) is 0 Å². The normalized spacial score (nSPS) is 50.2. The molecule has 4 nitrogen and oxygen atoms in total. The Balaban J connectivity index is 1.53. The molecule has 0 spiro atoms. The summed E-state index contributed by atoms with van der Waals surface area (Å²) in [7, 11) is 0. The van der Waals surface area contributed by atoms with Crippen LogP contribution in [0.2, 0.25) is 0 Å². The SMILES string of the molecule is O=C(O)C1(CC2CCCCC2)CC23CC(C1)(O2)O3. The fourth-order valence-electron chi connectivity index (χ4n) is 4.77.